The quantitative estimate of drug-likeness (QED) is 0.781. The zero-order valence-electron chi connectivity index (χ0n) is 12.0. The van der Waals surface area contributed by atoms with E-state index in [2.05, 4.69) is 0 Å². The fraction of sp³-hybridized carbons (Fsp3) is 0.625. The lowest BCUT2D eigenvalue weighted by atomic mass is 10.0. The second kappa shape index (κ2) is 7.41. The molecule has 1 fully saturated rings. The fourth-order valence-corrected chi connectivity index (χ4v) is 3.82. The number of benzene rings is 1. The van der Waals surface area contributed by atoms with E-state index in [0.29, 0.717) is 17.9 Å². The van der Waals surface area contributed by atoms with Crippen LogP contribution in [-0.2, 0) is 6.42 Å². The molecule has 1 atom stereocenters. The van der Waals surface area contributed by atoms with Gasteiger partial charge in [0, 0.05) is 11.8 Å². The molecule has 1 unspecified atom stereocenters. The Hall–Kier alpha value is -0.610. The highest BCUT2D eigenvalue weighted by atomic mass is 32.2. The van der Waals surface area contributed by atoms with Crippen LogP contribution in [0.2, 0.25) is 0 Å². The van der Waals surface area contributed by atoms with Gasteiger partial charge in [-0.25, -0.2) is 8.78 Å². The highest BCUT2D eigenvalue weighted by Gasteiger charge is 2.18. The summed E-state index contributed by atoms with van der Waals surface area (Å²) in [6, 6.07) is 2.84. The Labute approximate surface area is 124 Å². The van der Waals surface area contributed by atoms with Crippen LogP contribution in [0, 0.1) is 17.6 Å². The molecule has 1 saturated carbocycles. The number of nitrogens with two attached hydrogens (primary N) is 1. The third-order valence-electron chi connectivity index (χ3n) is 4.02. The Balaban J connectivity index is 2.01. The van der Waals surface area contributed by atoms with Crippen molar-refractivity contribution in [3.05, 3.63) is 29.3 Å². The van der Waals surface area contributed by atoms with Crippen molar-refractivity contribution in [1.29, 1.82) is 0 Å². The van der Waals surface area contributed by atoms with Gasteiger partial charge in [-0.1, -0.05) is 19.8 Å². The van der Waals surface area contributed by atoms with E-state index in [4.69, 9.17) is 5.73 Å². The molecule has 2 N–H and O–H groups in total. The molecule has 0 amide bonds. The summed E-state index contributed by atoms with van der Waals surface area (Å²) in [5.74, 6) is 0.561. The van der Waals surface area contributed by atoms with Crippen LogP contribution in [0.1, 0.15) is 44.6 Å². The molecule has 1 aliphatic rings. The molecule has 0 radical (unpaired) electrons. The van der Waals surface area contributed by atoms with Crippen molar-refractivity contribution in [3.8, 4) is 0 Å². The molecule has 1 aliphatic carbocycles. The summed E-state index contributed by atoms with van der Waals surface area (Å²) in [6.07, 6.45) is 6.23. The van der Waals surface area contributed by atoms with Crippen molar-refractivity contribution >= 4 is 11.8 Å². The topological polar surface area (TPSA) is 26.0 Å². The monoisotopic (exact) mass is 299 g/mol. The maximum Gasteiger partial charge on any atom is 0.140 e. The standard InChI is InChI=1S/C16H23F2NS/c1-2-13(19)7-12-8-14(17)16(15(18)9-12)20-10-11-5-3-4-6-11/h8-9,11,13H,2-7,10,19H2,1H3. The smallest absolute Gasteiger partial charge is 0.140 e. The van der Waals surface area contributed by atoms with Gasteiger partial charge < -0.3 is 5.73 Å². The minimum absolute atomic E-state index is 0.0363. The fourth-order valence-electron chi connectivity index (χ4n) is 2.69. The predicted molar refractivity (Wildman–Crippen MR) is 81.0 cm³/mol. The van der Waals surface area contributed by atoms with Gasteiger partial charge in [-0.15, -0.1) is 11.8 Å². The van der Waals surface area contributed by atoms with Gasteiger partial charge in [0.1, 0.15) is 11.6 Å². The summed E-state index contributed by atoms with van der Waals surface area (Å²) in [4.78, 5) is 0.172. The Morgan fingerprint density at radius 3 is 2.40 bits per heavy atom. The first-order valence-electron chi connectivity index (χ1n) is 7.46. The normalized spacial score (nSPS) is 17.6. The van der Waals surface area contributed by atoms with E-state index in [-0.39, 0.29) is 10.9 Å². The average Bonchev–Trinajstić information content (AvgIpc) is 2.90. The second-order valence-corrected chi connectivity index (χ2v) is 6.75. The summed E-state index contributed by atoms with van der Waals surface area (Å²) in [5, 5.41) is 0. The average molecular weight is 299 g/mol. The molecule has 0 bridgehead atoms. The predicted octanol–water partition coefficient (Wildman–Crippen LogP) is 4.53. The van der Waals surface area contributed by atoms with E-state index in [9.17, 15) is 8.78 Å². The molecule has 0 aliphatic heterocycles. The summed E-state index contributed by atoms with van der Waals surface area (Å²) < 4.78 is 28.1. The highest BCUT2D eigenvalue weighted by Crippen LogP contribution is 2.33. The van der Waals surface area contributed by atoms with Gasteiger partial charge in [-0.05, 0) is 49.3 Å². The van der Waals surface area contributed by atoms with E-state index in [0.717, 1.165) is 12.2 Å². The van der Waals surface area contributed by atoms with Crippen LogP contribution in [0.25, 0.3) is 0 Å². The first kappa shape index (κ1) is 15.8. The third-order valence-corrected chi connectivity index (χ3v) is 5.34. The van der Waals surface area contributed by atoms with Crippen molar-refractivity contribution in [2.45, 2.75) is 56.4 Å². The molecule has 2 rings (SSSR count). The molecule has 4 heteroatoms. The molecular weight excluding hydrogens is 276 g/mol. The summed E-state index contributed by atoms with van der Waals surface area (Å²) in [6.45, 7) is 1.98. The van der Waals surface area contributed by atoms with Crippen molar-refractivity contribution in [3.63, 3.8) is 0 Å². The third kappa shape index (κ3) is 4.19. The maximum atomic E-state index is 14.0. The van der Waals surface area contributed by atoms with Crippen LogP contribution < -0.4 is 5.73 Å². The van der Waals surface area contributed by atoms with Gasteiger partial charge in [0.15, 0.2) is 0 Å². The van der Waals surface area contributed by atoms with Crippen LogP contribution in [-0.4, -0.2) is 11.8 Å². The van der Waals surface area contributed by atoms with Crippen LogP contribution in [0.15, 0.2) is 17.0 Å². The Bertz CT molecular complexity index is 421. The largest absolute Gasteiger partial charge is 0.327 e. The summed E-state index contributed by atoms with van der Waals surface area (Å²) in [7, 11) is 0. The number of hydrogen-bond acceptors (Lipinski definition) is 2. The molecule has 0 spiro atoms. The van der Waals surface area contributed by atoms with Gasteiger partial charge in [0.05, 0.1) is 4.90 Å². The molecule has 1 aromatic rings. The van der Waals surface area contributed by atoms with E-state index >= 15 is 0 Å². The molecule has 1 aromatic carbocycles. The lowest BCUT2D eigenvalue weighted by Crippen LogP contribution is -2.21. The Morgan fingerprint density at radius 2 is 1.85 bits per heavy atom. The van der Waals surface area contributed by atoms with Crippen molar-refractivity contribution in [1.82, 2.24) is 0 Å². The number of thioether (sulfide) groups is 1. The number of hydrogen-bond donors (Lipinski definition) is 1. The van der Waals surface area contributed by atoms with Gasteiger partial charge in [-0.3, -0.25) is 0 Å². The maximum absolute atomic E-state index is 14.0. The van der Waals surface area contributed by atoms with Crippen molar-refractivity contribution in [2.24, 2.45) is 11.7 Å². The van der Waals surface area contributed by atoms with Crippen molar-refractivity contribution in [2.75, 3.05) is 5.75 Å². The summed E-state index contributed by atoms with van der Waals surface area (Å²) in [5.41, 5.74) is 6.49. The minimum Gasteiger partial charge on any atom is -0.327 e. The first-order valence-corrected chi connectivity index (χ1v) is 8.45. The molecule has 0 heterocycles. The first-order chi connectivity index (χ1) is 9.60. The lowest BCUT2D eigenvalue weighted by Gasteiger charge is -2.13. The molecule has 1 nitrogen and oxygen atoms in total. The molecular formula is C16H23F2NS. The molecule has 112 valence electrons. The Kier molecular flexibility index (Phi) is 5.85. The van der Waals surface area contributed by atoms with Gasteiger partial charge in [0.2, 0.25) is 0 Å². The summed E-state index contributed by atoms with van der Waals surface area (Å²) >= 11 is 1.32. The van der Waals surface area contributed by atoms with Crippen molar-refractivity contribution < 1.29 is 8.78 Å². The lowest BCUT2D eigenvalue weighted by molar-refractivity contribution is 0.532. The minimum atomic E-state index is -0.439. The SMILES string of the molecule is CCC(N)Cc1cc(F)c(SCC2CCCC2)c(F)c1. The highest BCUT2D eigenvalue weighted by molar-refractivity contribution is 7.99. The zero-order chi connectivity index (χ0) is 14.5. The van der Waals surface area contributed by atoms with E-state index < -0.39 is 11.6 Å². The van der Waals surface area contributed by atoms with Crippen LogP contribution in [0.4, 0.5) is 8.78 Å². The molecule has 0 saturated heterocycles. The van der Waals surface area contributed by atoms with E-state index in [1.54, 1.807) is 0 Å². The molecule has 20 heavy (non-hydrogen) atoms. The van der Waals surface area contributed by atoms with Gasteiger partial charge in [0.25, 0.3) is 0 Å². The van der Waals surface area contributed by atoms with Gasteiger partial charge in [-0.2, -0.15) is 0 Å². The number of rotatable bonds is 6. The number of halogens is 2. The second-order valence-electron chi connectivity index (χ2n) is 5.72. The van der Waals surface area contributed by atoms with Crippen LogP contribution in [0.5, 0.6) is 0 Å². The van der Waals surface area contributed by atoms with Crippen LogP contribution in [0.3, 0.4) is 0 Å². The van der Waals surface area contributed by atoms with E-state index in [1.807, 2.05) is 6.92 Å². The van der Waals surface area contributed by atoms with Gasteiger partial charge >= 0.3 is 0 Å². The van der Waals surface area contributed by atoms with E-state index in [1.165, 1.54) is 49.6 Å². The van der Waals surface area contributed by atoms with Crippen LogP contribution >= 0.6 is 11.8 Å². The Morgan fingerprint density at radius 1 is 1.25 bits per heavy atom. The molecule has 0 aromatic heterocycles. The zero-order valence-corrected chi connectivity index (χ0v) is 12.8.